The summed E-state index contributed by atoms with van der Waals surface area (Å²) >= 11 is 0. The molecule has 2 heterocycles. The predicted molar refractivity (Wildman–Crippen MR) is 81.7 cm³/mol. The lowest BCUT2D eigenvalue weighted by Crippen LogP contribution is -2.30. The highest BCUT2D eigenvalue weighted by Crippen LogP contribution is 2.30. The van der Waals surface area contributed by atoms with Gasteiger partial charge in [0, 0.05) is 23.3 Å². The van der Waals surface area contributed by atoms with Gasteiger partial charge in [-0.05, 0) is 18.2 Å². The van der Waals surface area contributed by atoms with Gasteiger partial charge < -0.3 is 4.74 Å². The van der Waals surface area contributed by atoms with E-state index in [1.54, 1.807) is 19.5 Å². The van der Waals surface area contributed by atoms with Crippen LogP contribution in [0, 0.1) is 0 Å². The average Bonchev–Trinajstić information content (AvgIpc) is 2.56. The van der Waals surface area contributed by atoms with Crippen LogP contribution in [0.4, 0.5) is 0 Å². The van der Waals surface area contributed by atoms with Gasteiger partial charge in [-0.1, -0.05) is 24.3 Å². The first-order valence-electron chi connectivity index (χ1n) is 6.64. The monoisotopic (exact) mass is 280 g/mol. The number of hydrogen-bond acceptors (Lipinski definition) is 5. The minimum Gasteiger partial charge on any atom is -0.495 e. The van der Waals surface area contributed by atoms with Crippen LogP contribution in [0.1, 0.15) is 17.3 Å². The SMILES string of the molecule is COc1cccnc1C(NN)c1cccc2cccnc12. The smallest absolute Gasteiger partial charge is 0.142 e. The molecule has 0 aliphatic heterocycles. The van der Waals surface area contributed by atoms with Crippen LogP contribution in [-0.4, -0.2) is 17.1 Å². The van der Waals surface area contributed by atoms with Gasteiger partial charge in [0.15, 0.2) is 0 Å². The number of benzene rings is 1. The zero-order valence-electron chi connectivity index (χ0n) is 11.7. The summed E-state index contributed by atoms with van der Waals surface area (Å²) in [5, 5.41) is 1.06. The maximum absolute atomic E-state index is 5.78. The second-order valence-corrected chi connectivity index (χ2v) is 4.61. The van der Waals surface area contributed by atoms with Gasteiger partial charge in [0.05, 0.1) is 18.7 Å². The van der Waals surface area contributed by atoms with E-state index >= 15 is 0 Å². The molecule has 1 aromatic carbocycles. The van der Waals surface area contributed by atoms with Crippen molar-refractivity contribution in [3.63, 3.8) is 0 Å². The molecule has 0 spiro atoms. The van der Waals surface area contributed by atoms with Gasteiger partial charge in [-0.2, -0.15) is 0 Å². The van der Waals surface area contributed by atoms with Gasteiger partial charge in [0.25, 0.3) is 0 Å². The second-order valence-electron chi connectivity index (χ2n) is 4.61. The van der Waals surface area contributed by atoms with Crippen molar-refractivity contribution in [1.82, 2.24) is 15.4 Å². The number of rotatable bonds is 4. The van der Waals surface area contributed by atoms with Crippen molar-refractivity contribution in [1.29, 1.82) is 0 Å². The van der Waals surface area contributed by atoms with E-state index in [-0.39, 0.29) is 6.04 Å². The van der Waals surface area contributed by atoms with Crippen molar-refractivity contribution in [2.75, 3.05) is 7.11 Å². The van der Waals surface area contributed by atoms with Crippen molar-refractivity contribution in [3.8, 4) is 5.75 Å². The number of nitrogens with zero attached hydrogens (tertiary/aromatic N) is 2. The van der Waals surface area contributed by atoms with E-state index in [0.717, 1.165) is 22.2 Å². The Morgan fingerprint density at radius 3 is 2.62 bits per heavy atom. The third-order valence-corrected chi connectivity index (χ3v) is 3.43. The maximum Gasteiger partial charge on any atom is 0.142 e. The molecule has 5 nitrogen and oxygen atoms in total. The fourth-order valence-electron chi connectivity index (χ4n) is 2.47. The molecule has 0 fully saturated rings. The van der Waals surface area contributed by atoms with Crippen LogP contribution in [0.15, 0.2) is 54.9 Å². The summed E-state index contributed by atoms with van der Waals surface area (Å²) in [4.78, 5) is 8.88. The molecule has 3 aromatic rings. The number of para-hydroxylation sites is 1. The first-order chi connectivity index (χ1) is 10.3. The Hall–Kier alpha value is -2.50. The number of aromatic nitrogens is 2. The number of pyridine rings is 2. The molecular weight excluding hydrogens is 264 g/mol. The number of hydrogen-bond donors (Lipinski definition) is 2. The first-order valence-corrected chi connectivity index (χ1v) is 6.64. The van der Waals surface area contributed by atoms with E-state index in [0.29, 0.717) is 5.75 Å². The average molecular weight is 280 g/mol. The summed E-state index contributed by atoms with van der Waals surface area (Å²) in [6.07, 6.45) is 3.50. The lowest BCUT2D eigenvalue weighted by atomic mass is 9.99. The number of methoxy groups -OCH3 is 1. The zero-order chi connectivity index (χ0) is 14.7. The van der Waals surface area contributed by atoms with Gasteiger partial charge in [0.2, 0.25) is 0 Å². The molecule has 0 saturated heterocycles. The van der Waals surface area contributed by atoms with E-state index in [1.807, 2.05) is 42.5 Å². The summed E-state index contributed by atoms with van der Waals surface area (Å²) in [6.45, 7) is 0. The van der Waals surface area contributed by atoms with Crippen LogP contribution in [0.3, 0.4) is 0 Å². The van der Waals surface area contributed by atoms with Gasteiger partial charge in [-0.25, -0.2) is 5.43 Å². The highest BCUT2D eigenvalue weighted by molar-refractivity contribution is 5.82. The van der Waals surface area contributed by atoms with Crippen molar-refractivity contribution in [2.45, 2.75) is 6.04 Å². The molecule has 21 heavy (non-hydrogen) atoms. The van der Waals surface area contributed by atoms with E-state index in [1.165, 1.54) is 0 Å². The fraction of sp³-hybridized carbons (Fsp3) is 0.125. The van der Waals surface area contributed by atoms with E-state index in [4.69, 9.17) is 10.6 Å². The van der Waals surface area contributed by atoms with Gasteiger partial charge in [0.1, 0.15) is 11.4 Å². The summed E-state index contributed by atoms with van der Waals surface area (Å²) in [5.41, 5.74) is 5.42. The summed E-state index contributed by atoms with van der Waals surface area (Å²) in [6, 6.07) is 13.3. The molecule has 3 rings (SSSR count). The van der Waals surface area contributed by atoms with Crippen molar-refractivity contribution < 1.29 is 4.74 Å². The standard InChI is InChI=1S/C16H16N4O/c1-21-13-8-4-10-19-16(13)15(20-17)12-7-2-5-11-6-3-9-18-14(11)12/h2-10,15,20H,17H2,1H3. The lowest BCUT2D eigenvalue weighted by Gasteiger charge is -2.19. The Balaban J connectivity index is 2.19. The maximum atomic E-state index is 5.78. The Labute approximate surface area is 122 Å². The third kappa shape index (κ3) is 2.44. The molecule has 0 saturated carbocycles. The Bertz CT molecular complexity index is 755. The van der Waals surface area contributed by atoms with Crippen molar-refractivity contribution >= 4 is 10.9 Å². The number of hydrazine groups is 1. The minimum atomic E-state index is -0.292. The molecule has 0 aliphatic carbocycles. The van der Waals surface area contributed by atoms with E-state index < -0.39 is 0 Å². The van der Waals surface area contributed by atoms with Gasteiger partial charge in [-0.3, -0.25) is 15.8 Å². The summed E-state index contributed by atoms with van der Waals surface area (Å²) in [7, 11) is 1.62. The molecule has 0 radical (unpaired) electrons. The van der Waals surface area contributed by atoms with Crippen LogP contribution in [0.25, 0.3) is 10.9 Å². The topological polar surface area (TPSA) is 73.1 Å². The molecule has 106 valence electrons. The highest BCUT2D eigenvalue weighted by atomic mass is 16.5. The Kier molecular flexibility index (Phi) is 3.77. The molecule has 0 aliphatic rings. The fourth-order valence-corrected chi connectivity index (χ4v) is 2.47. The highest BCUT2D eigenvalue weighted by Gasteiger charge is 2.20. The third-order valence-electron chi connectivity index (χ3n) is 3.43. The van der Waals surface area contributed by atoms with Crippen molar-refractivity contribution in [3.05, 3.63) is 66.1 Å². The number of fused-ring (bicyclic) bond motifs is 1. The summed E-state index contributed by atoms with van der Waals surface area (Å²) < 4.78 is 5.38. The van der Waals surface area contributed by atoms with Crippen LogP contribution in [0.5, 0.6) is 5.75 Å². The molecule has 0 bridgehead atoms. The quantitative estimate of drug-likeness (QED) is 0.566. The van der Waals surface area contributed by atoms with Crippen LogP contribution in [0.2, 0.25) is 0 Å². The van der Waals surface area contributed by atoms with Crippen LogP contribution in [-0.2, 0) is 0 Å². The molecule has 3 N–H and O–H groups in total. The summed E-state index contributed by atoms with van der Waals surface area (Å²) in [5.74, 6) is 6.47. The molecule has 1 unspecified atom stereocenters. The molecular formula is C16H16N4O. The number of ether oxygens (including phenoxy) is 1. The predicted octanol–water partition coefficient (Wildman–Crippen LogP) is 2.19. The van der Waals surface area contributed by atoms with E-state index in [9.17, 15) is 0 Å². The van der Waals surface area contributed by atoms with Gasteiger partial charge >= 0.3 is 0 Å². The normalized spacial score (nSPS) is 12.3. The van der Waals surface area contributed by atoms with E-state index in [2.05, 4.69) is 15.4 Å². The zero-order valence-corrected chi connectivity index (χ0v) is 11.7. The Morgan fingerprint density at radius 1 is 1.05 bits per heavy atom. The van der Waals surface area contributed by atoms with Crippen molar-refractivity contribution in [2.24, 2.45) is 5.84 Å². The molecule has 1 atom stereocenters. The largest absolute Gasteiger partial charge is 0.495 e. The Morgan fingerprint density at radius 2 is 1.81 bits per heavy atom. The molecule has 2 aromatic heterocycles. The first kappa shape index (κ1) is 13.5. The van der Waals surface area contributed by atoms with Crippen LogP contribution < -0.4 is 16.0 Å². The van der Waals surface area contributed by atoms with Crippen LogP contribution >= 0.6 is 0 Å². The number of nitrogens with one attached hydrogen (secondary N) is 1. The minimum absolute atomic E-state index is 0.292. The number of nitrogens with two attached hydrogens (primary N) is 1. The lowest BCUT2D eigenvalue weighted by molar-refractivity contribution is 0.400. The van der Waals surface area contributed by atoms with Gasteiger partial charge in [-0.15, -0.1) is 0 Å². The molecule has 0 amide bonds. The molecule has 5 heteroatoms. The second kappa shape index (κ2) is 5.87.